The van der Waals surface area contributed by atoms with Gasteiger partial charge in [-0.15, -0.1) is 11.8 Å². The van der Waals surface area contributed by atoms with Gasteiger partial charge in [-0.05, 0) is 37.3 Å². The molecule has 1 amide bonds. The number of nitrogens with one attached hydrogen (secondary N) is 1. The SMILES string of the molecule is C[C@@H](Sc1ccc(Cl)cc1)C(=O)N1CCc2[nH]c3ccccc3c2C1. The molecule has 3 nitrogen and oxygen atoms in total. The van der Waals surface area contributed by atoms with Crippen molar-refractivity contribution in [1.82, 2.24) is 9.88 Å². The summed E-state index contributed by atoms with van der Waals surface area (Å²) in [5, 5.41) is 1.83. The van der Waals surface area contributed by atoms with Crippen LogP contribution < -0.4 is 0 Å². The Bertz CT molecular complexity index is 919. The van der Waals surface area contributed by atoms with Gasteiger partial charge in [0, 0.05) is 51.6 Å². The van der Waals surface area contributed by atoms with Crippen LogP contribution in [-0.4, -0.2) is 27.6 Å². The van der Waals surface area contributed by atoms with Gasteiger partial charge >= 0.3 is 0 Å². The van der Waals surface area contributed by atoms with Gasteiger partial charge in [-0.2, -0.15) is 0 Å². The lowest BCUT2D eigenvalue weighted by atomic mass is 10.0. The van der Waals surface area contributed by atoms with Crippen LogP contribution >= 0.6 is 23.4 Å². The maximum absolute atomic E-state index is 12.9. The third kappa shape index (κ3) is 3.29. The Labute approximate surface area is 156 Å². The average Bonchev–Trinajstić information content (AvgIpc) is 3.01. The van der Waals surface area contributed by atoms with Crippen molar-refractivity contribution in [3.05, 3.63) is 64.8 Å². The number of halogens is 1. The van der Waals surface area contributed by atoms with E-state index in [-0.39, 0.29) is 11.2 Å². The van der Waals surface area contributed by atoms with E-state index in [1.165, 1.54) is 16.6 Å². The summed E-state index contributed by atoms with van der Waals surface area (Å²) in [7, 11) is 0. The molecule has 25 heavy (non-hydrogen) atoms. The van der Waals surface area contributed by atoms with E-state index in [9.17, 15) is 4.79 Å². The first-order valence-corrected chi connectivity index (χ1v) is 9.67. The molecule has 1 aliphatic heterocycles. The van der Waals surface area contributed by atoms with E-state index >= 15 is 0 Å². The van der Waals surface area contributed by atoms with Crippen LogP contribution in [0.2, 0.25) is 5.02 Å². The number of para-hydroxylation sites is 1. The number of hydrogen-bond acceptors (Lipinski definition) is 2. The van der Waals surface area contributed by atoms with Crippen LogP contribution in [0.5, 0.6) is 0 Å². The van der Waals surface area contributed by atoms with Crippen molar-refractivity contribution in [1.29, 1.82) is 0 Å². The van der Waals surface area contributed by atoms with Crippen LogP contribution in [0.3, 0.4) is 0 Å². The average molecular weight is 371 g/mol. The number of carbonyl (C=O) groups excluding carboxylic acids is 1. The predicted molar refractivity (Wildman–Crippen MR) is 104 cm³/mol. The number of fused-ring (bicyclic) bond motifs is 3. The first-order valence-electron chi connectivity index (χ1n) is 8.41. The summed E-state index contributed by atoms with van der Waals surface area (Å²) < 4.78 is 0. The van der Waals surface area contributed by atoms with Crippen LogP contribution in [0.25, 0.3) is 10.9 Å². The van der Waals surface area contributed by atoms with Crippen LogP contribution in [-0.2, 0) is 17.8 Å². The van der Waals surface area contributed by atoms with Crippen molar-refractivity contribution < 1.29 is 4.79 Å². The number of thioether (sulfide) groups is 1. The first-order chi connectivity index (χ1) is 12.1. The number of aromatic amines is 1. The van der Waals surface area contributed by atoms with E-state index < -0.39 is 0 Å². The molecule has 0 radical (unpaired) electrons. The number of benzene rings is 2. The predicted octanol–water partition coefficient (Wildman–Crippen LogP) is 4.89. The summed E-state index contributed by atoms with van der Waals surface area (Å²) >= 11 is 7.51. The lowest BCUT2D eigenvalue weighted by Gasteiger charge is -2.29. The molecular formula is C20H19ClN2OS. The number of amides is 1. The molecule has 0 saturated heterocycles. The molecule has 2 aromatic carbocycles. The van der Waals surface area contributed by atoms with Crippen molar-refractivity contribution in [3.63, 3.8) is 0 Å². The van der Waals surface area contributed by atoms with Gasteiger partial charge in [0.2, 0.25) is 5.91 Å². The zero-order valence-corrected chi connectivity index (χ0v) is 15.5. The van der Waals surface area contributed by atoms with Gasteiger partial charge in [0.05, 0.1) is 5.25 Å². The fourth-order valence-electron chi connectivity index (χ4n) is 3.38. The second kappa shape index (κ2) is 6.77. The Morgan fingerprint density at radius 1 is 1.20 bits per heavy atom. The molecule has 0 aliphatic carbocycles. The summed E-state index contributed by atoms with van der Waals surface area (Å²) in [6.07, 6.45) is 0.883. The summed E-state index contributed by atoms with van der Waals surface area (Å²) in [4.78, 5) is 19.4. The topological polar surface area (TPSA) is 36.1 Å². The Kier molecular flexibility index (Phi) is 4.48. The van der Waals surface area contributed by atoms with Crippen molar-refractivity contribution in [3.8, 4) is 0 Å². The lowest BCUT2D eigenvalue weighted by Crippen LogP contribution is -2.40. The van der Waals surface area contributed by atoms with E-state index in [4.69, 9.17) is 11.6 Å². The molecule has 2 heterocycles. The van der Waals surface area contributed by atoms with E-state index in [0.29, 0.717) is 11.6 Å². The van der Waals surface area contributed by atoms with Crippen molar-refractivity contribution in [2.24, 2.45) is 0 Å². The minimum Gasteiger partial charge on any atom is -0.358 e. The number of carbonyl (C=O) groups is 1. The molecule has 4 rings (SSSR count). The maximum Gasteiger partial charge on any atom is 0.236 e. The van der Waals surface area contributed by atoms with Gasteiger partial charge in [-0.3, -0.25) is 4.79 Å². The standard InChI is InChI=1S/C20H19ClN2OS/c1-13(25-15-8-6-14(21)7-9-15)20(24)23-11-10-19-17(12-23)16-4-2-3-5-18(16)22-19/h2-9,13,22H,10-12H2,1H3/t13-/m1/s1. The van der Waals surface area contributed by atoms with E-state index in [0.717, 1.165) is 23.4 Å². The van der Waals surface area contributed by atoms with Gasteiger partial charge < -0.3 is 9.88 Å². The fourth-order valence-corrected chi connectivity index (χ4v) is 4.46. The summed E-state index contributed by atoms with van der Waals surface area (Å²) in [5.74, 6) is 0.191. The molecule has 128 valence electrons. The smallest absolute Gasteiger partial charge is 0.236 e. The first kappa shape index (κ1) is 16.6. The Morgan fingerprint density at radius 3 is 2.76 bits per heavy atom. The van der Waals surface area contributed by atoms with Crippen LogP contribution in [0, 0.1) is 0 Å². The summed E-state index contributed by atoms with van der Waals surface area (Å²) in [6.45, 7) is 3.43. The third-order valence-corrected chi connectivity index (χ3v) is 6.02. The Morgan fingerprint density at radius 2 is 1.96 bits per heavy atom. The van der Waals surface area contributed by atoms with Gasteiger partial charge in [0.15, 0.2) is 0 Å². The third-order valence-electron chi connectivity index (χ3n) is 4.67. The number of aromatic nitrogens is 1. The highest BCUT2D eigenvalue weighted by Crippen LogP contribution is 2.30. The molecule has 0 spiro atoms. The summed E-state index contributed by atoms with van der Waals surface area (Å²) in [6, 6.07) is 16.0. The molecule has 5 heteroatoms. The van der Waals surface area contributed by atoms with Crippen molar-refractivity contribution >= 4 is 40.2 Å². The molecular weight excluding hydrogens is 352 g/mol. The zero-order valence-electron chi connectivity index (χ0n) is 14.0. The van der Waals surface area contributed by atoms with E-state index in [2.05, 4.69) is 23.2 Å². The second-order valence-corrected chi connectivity index (χ2v) is 8.20. The zero-order chi connectivity index (χ0) is 17.4. The normalized spacial score (nSPS) is 15.2. The van der Waals surface area contributed by atoms with Gasteiger partial charge in [-0.25, -0.2) is 0 Å². The minimum absolute atomic E-state index is 0.118. The molecule has 3 aromatic rings. The molecule has 0 bridgehead atoms. The lowest BCUT2D eigenvalue weighted by molar-refractivity contribution is -0.131. The maximum atomic E-state index is 12.9. The van der Waals surface area contributed by atoms with Gasteiger partial charge in [0.1, 0.15) is 0 Å². The number of rotatable bonds is 3. The van der Waals surface area contributed by atoms with Crippen molar-refractivity contribution in [2.75, 3.05) is 6.54 Å². The van der Waals surface area contributed by atoms with Gasteiger partial charge in [-0.1, -0.05) is 29.8 Å². The van der Waals surface area contributed by atoms with Gasteiger partial charge in [0.25, 0.3) is 0 Å². The second-order valence-electron chi connectivity index (χ2n) is 6.35. The highest BCUT2D eigenvalue weighted by Gasteiger charge is 2.27. The number of nitrogens with zero attached hydrogens (tertiary/aromatic N) is 1. The molecule has 1 atom stereocenters. The highest BCUT2D eigenvalue weighted by molar-refractivity contribution is 8.00. The van der Waals surface area contributed by atoms with E-state index in [1.54, 1.807) is 11.8 Å². The molecule has 0 fully saturated rings. The fraction of sp³-hybridized carbons (Fsp3) is 0.250. The minimum atomic E-state index is -0.118. The van der Waals surface area contributed by atoms with Crippen molar-refractivity contribution in [2.45, 2.75) is 30.0 Å². The highest BCUT2D eigenvalue weighted by atomic mass is 35.5. The van der Waals surface area contributed by atoms with Crippen LogP contribution in [0.1, 0.15) is 18.2 Å². The Balaban J connectivity index is 1.50. The number of H-pyrrole nitrogens is 1. The molecule has 0 saturated carbocycles. The van der Waals surface area contributed by atoms with Crippen LogP contribution in [0.4, 0.5) is 0 Å². The number of hydrogen-bond donors (Lipinski definition) is 1. The molecule has 1 N–H and O–H groups in total. The molecule has 0 unspecified atom stereocenters. The monoisotopic (exact) mass is 370 g/mol. The quantitative estimate of drug-likeness (QED) is 0.666. The van der Waals surface area contributed by atoms with E-state index in [1.807, 2.05) is 42.2 Å². The summed E-state index contributed by atoms with van der Waals surface area (Å²) in [5.41, 5.74) is 3.69. The Hall–Kier alpha value is -1.91. The molecule has 1 aliphatic rings. The van der Waals surface area contributed by atoms with Crippen LogP contribution in [0.15, 0.2) is 53.4 Å². The largest absolute Gasteiger partial charge is 0.358 e. The molecule has 1 aromatic heterocycles.